The molecule has 18 heavy (non-hydrogen) atoms. The van der Waals surface area contributed by atoms with E-state index in [9.17, 15) is 4.79 Å². The maximum Gasteiger partial charge on any atom is 0.338 e. The first-order valence-corrected chi connectivity index (χ1v) is 6.30. The first-order valence-electron chi connectivity index (χ1n) is 6.30. The minimum absolute atomic E-state index is 0.240. The normalized spacial score (nSPS) is 19.5. The summed E-state index contributed by atoms with van der Waals surface area (Å²) in [6.45, 7) is 2.41. The van der Waals surface area contributed by atoms with Gasteiger partial charge in [-0.2, -0.15) is 0 Å². The lowest BCUT2D eigenvalue weighted by Gasteiger charge is -2.23. The van der Waals surface area contributed by atoms with Crippen LogP contribution in [0.3, 0.4) is 0 Å². The lowest BCUT2D eigenvalue weighted by atomic mass is 10.1. The third kappa shape index (κ3) is 3.31. The van der Waals surface area contributed by atoms with Gasteiger partial charge in [0, 0.05) is 6.54 Å². The van der Waals surface area contributed by atoms with Crippen LogP contribution in [0.2, 0.25) is 0 Å². The summed E-state index contributed by atoms with van der Waals surface area (Å²) in [5.74, 6) is -0.309. The number of rotatable bonds is 4. The molecule has 0 aliphatic carbocycles. The van der Waals surface area contributed by atoms with Gasteiger partial charge in [0.05, 0.1) is 25.4 Å². The van der Waals surface area contributed by atoms with Crippen molar-refractivity contribution in [1.82, 2.24) is 5.32 Å². The number of hydrogen-bond donors (Lipinski definition) is 1. The molecule has 1 heterocycles. The molecule has 0 spiro atoms. The minimum Gasteiger partial charge on any atom is -0.465 e. The Morgan fingerprint density at radius 1 is 1.44 bits per heavy atom. The van der Waals surface area contributed by atoms with E-state index >= 15 is 0 Å². The third-order valence-corrected chi connectivity index (χ3v) is 3.15. The number of esters is 1. The molecule has 4 nitrogen and oxygen atoms in total. The Kier molecular flexibility index (Phi) is 4.73. The van der Waals surface area contributed by atoms with Gasteiger partial charge in [-0.3, -0.25) is 0 Å². The standard InChI is InChI=1S/C14H19NO3/c1-17-14(16)13-7-3-2-5-11(13)10-18-12-6-4-8-15-9-12/h2-3,5,7,12,15H,4,6,8-10H2,1H3/t12-/m0/s1. The van der Waals surface area contributed by atoms with E-state index < -0.39 is 0 Å². The second-order valence-electron chi connectivity index (χ2n) is 4.43. The van der Waals surface area contributed by atoms with E-state index in [0.29, 0.717) is 12.2 Å². The van der Waals surface area contributed by atoms with Crippen molar-refractivity contribution in [3.63, 3.8) is 0 Å². The molecule has 98 valence electrons. The molecule has 1 saturated heterocycles. The number of carbonyl (C=O) groups excluding carboxylic acids is 1. The number of piperidine rings is 1. The summed E-state index contributed by atoms with van der Waals surface area (Å²) in [5.41, 5.74) is 1.47. The number of hydrogen-bond acceptors (Lipinski definition) is 4. The molecule has 1 N–H and O–H groups in total. The maximum atomic E-state index is 11.6. The predicted octanol–water partition coefficient (Wildman–Crippen LogP) is 1.74. The van der Waals surface area contributed by atoms with Crippen LogP contribution in [0.25, 0.3) is 0 Å². The summed E-state index contributed by atoms with van der Waals surface area (Å²) in [5, 5.41) is 3.30. The van der Waals surface area contributed by atoms with E-state index in [1.165, 1.54) is 7.11 Å². The van der Waals surface area contributed by atoms with Crippen molar-refractivity contribution in [2.24, 2.45) is 0 Å². The molecule has 1 fully saturated rings. The highest BCUT2D eigenvalue weighted by atomic mass is 16.5. The number of benzene rings is 1. The van der Waals surface area contributed by atoms with Crippen LogP contribution in [-0.2, 0) is 16.1 Å². The van der Waals surface area contributed by atoms with E-state index in [4.69, 9.17) is 9.47 Å². The van der Waals surface area contributed by atoms with Crippen LogP contribution >= 0.6 is 0 Å². The van der Waals surface area contributed by atoms with Crippen LogP contribution in [0.4, 0.5) is 0 Å². The van der Waals surface area contributed by atoms with Crippen LogP contribution in [0.15, 0.2) is 24.3 Å². The van der Waals surface area contributed by atoms with E-state index in [0.717, 1.165) is 31.5 Å². The monoisotopic (exact) mass is 249 g/mol. The second-order valence-corrected chi connectivity index (χ2v) is 4.43. The number of carbonyl (C=O) groups is 1. The molecule has 1 aliphatic heterocycles. The fourth-order valence-corrected chi connectivity index (χ4v) is 2.12. The SMILES string of the molecule is COC(=O)c1ccccc1CO[C@H]1CCCNC1. The van der Waals surface area contributed by atoms with Crippen LogP contribution < -0.4 is 5.32 Å². The van der Waals surface area contributed by atoms with Crippen molar-refractivity contribution in [3.8, 4) is 0 Å². The lowest BCUT2D eigenvalue weighted by molar-refractivity contribution is 0.0242. The van der Waals surface area contributed by atoms with Gasteiger partial charge in [0.25, 0.3) is 0 Å². The topological polar surface area (TPSA) is 47.6 Å². The van der Waals surface area contributed by atoms with Gasteiger partial charge in [0.2, 0.25) is 0 Å². The van der Waals surface area contributed by atoms with Crippen molar-refractivity contribution in [1.29, 1.82) is 0 Å². The zero-order valence-corrected chi connectivity index (χ0v) is 10.6. The molecule has 0 saturated carbocycles. The van der Waals surface area contributed by atoms with Crippen molar-refractivity contribution < 1.29 is 14.3 Å². The zero-order valence-electron chi connectivity index (χ0n) is 10.6. The van der Waals surface area contributed by atoms with Crippen LogP contribution in [0, 0.1) is 0 Å². The first kappa shape index (κ1) is 13.1. The molecule has 1 atom stereocenters. The van der Waals surface area contributed by atoms with Gasteiger partial charge < -0.3 is 14.8 Å². The molecule has 0 radical (unpaired) electrons. The van der Waals surface area contributed by atoms with Crippen molar-refractivity contribution in [3.05, 3.63) is 35.4 Å². The average molecular weight is 249 g/mol. The van der Waals surface area contributed by atoms with E-state index in [-0.39, 0.29) is 12.1 Å². The molecule has 0 unspecified atom stereocenters. The quantitative estimate of drug-likeness (QED) is 0.826. The molecule has 2 rings (SSSR count). The Hall–Kier alpha value is -1.39. The molecule has 0 aromatic heterocycles. The largest absolute Gasteiger partial charge is 0.465 e. The highest BCUT2D eigenvalue weighted by Crippen LogP contribution is 2.14. The Balaban J connectivity index is 1.97. The van der Waals surface area contributed by atoms with Gasteiger partial charge in [-0.15, -0.1) is 0 Å². The summed E-state index contributed by atoms with van der Waals surface area (Å²) in [7, 11) is 1.39. The van der Waals surface area contributed by atoms with Gasteiger partial charge in [-0.25, -0.2) is 4.79 Å². The summed E-state index contributed by atoms with van der Waals surface area (Å²) in [6.07, 6.45) is 2.46. The minimum atomic E-state index is -0.309. The molecule has 0 bridgehead atoms. The smallest absolute Gasteiger partial charge is 0.338 e. The molecular formula is C14H19NO3. The van der Waals surface area contributed by atoms with Crippen LogP contribution in [0.1, 0.15) is 28.8 Å². The maximum absolute atomic E-state index is 11.6. The van der Waals surface area contributed by atoms with E-state index in [2.05, 4.69) is 5.32 Å². The van der Waals surface area contributed by atoms with Crippen molar-refractivity contribution >= 4 is 5.97 Å². The Morgan fingerprint density at radius 3 is 3.00 bits per heavy atom. The molecule has 0 amide bonds. The Morgan fingerprint density at radius 2 is 2.28 bits per heavy atom. The van der Waals surface area contributed by atoms with E-state index in [1.54, 1.807) is 6.07 Å². The van der Waals surface area contributed by atoms with E-state index in [1.807, 2.05) is 18.2 Å². The van der Waals surface area contributed by atoms with Crippen molar-refractivity contribution in [2.75, 3.05) is 20.2 Å². The second kappa shape index (κ2) is 6.52. The fourth-order valence-electron chi connectivity index (χ4n) is 2.12. The molecule has 4 heteroatoms. The van der Waals surface area contributed by atoms with Gasteiger partial charge in [-0.05, 0) is 31.0 Å². The fraction of sp³-hybridized carbons (Fsp3) is 0.500. The Bertz CT molecular complexity index is 400. The lowest BCUT2D eigenvalue weighted by Crippen LogP contribution is -2.35. The molecular weight excluding hydrogens is 230 g/mol. The number of methoxy groups -OCH3 is 1. The van der Waals surface area contributed by atoms with Crippen LogP contribution in [-0.4, -0.2) is 32.3 Å². The zero-order chi connectivity index (χ0) is 12.8. The molecule has 1 aromatic carbocycles. The molecule has 1 aliphatic rings. The molecule has 1 aromatic rings. The highest BCUT2D eigenvalue weighted by molar-refractivity contribution is 5.90. The predicted molar refractivity (Wildman–Crippen MR) is 68.5 cm³/mol. The first-order chi connectivity index (χ1) is 8.81. The third-order valence-electron chi connectivity index (χ3n) is 3.15. The summed E-state index contributed by atoms with van der Waals surface area (Å²) < 4.78 is 10.6. The van der Waals surface area contributed by atoms with Gasteiger partial charge in [-0.1, -0.05) is 18.2 Å². The number of nitrogens with one attached hydrogen (secondary N) is 1. The summed E-state index contributed by atoms with van der Waals surface area (Å²) in [4.78, 5) is 11.6. The highest BCUT2D eigenvalue weighted by Gasteiger charge is 2.15. The number of ether oxygens (including phenoxy) is 2. The summed E-state index contributed by atoms with van der Waals surface area (Å²) >= 11 is 0. The van der Waals surface area contributed by atoms with Crippen LogP contribution in [0.5, 0.6) is 0 Å². The average Bonchev–Trinajstić information content (AvgIpc) is 2.45. The van der Waals surface area contributed by atoms with Gasteiger partial charge in [0.15, 0.2) is 0 Å². The van der Waals surface area contributed by atoms with Crippen molar-refractivity contribution in [2.45, 2.75) is 25.6 Å². The summed E-state index contributed by atoms with van der Waals surface area (Å²) in [6, 6.07) is 7.41. The Labute approximate surface area is 107 Å². The van der Waals surface area contributed by atoms with Gasteiger partial charge >= 0.3 is 5.97 Å². The van der Waals surface area contributed by atoms with Gasteiger partial charge in [0.1, 0.15) is 0 Å².